The summed E-state index contributed by atoms with van der Waals surface area (Å²) in [5.41, 5.74) is 0.0817. The lowest BCUT2D eigenvalue weighted by atomic mass is 9.77. The van der Waals surface area contributed by atoms with Crippen LogP contribution in [0.25, 0.3) is 0 Å². The number of carbonyl (C=O) groups excluding carboxylic acids is 1. The van der Waals surface area contributed by atoms with Crippen LogP contribution in [0.15, 0.2) is 24.3 Å². The number of hydrogen-bond donors (Lipinski definition) is 1. The molecule has 1 N–H and O–H groups in total. The molecule has 0 saturated carbocycles. The molecule has 1 fully saturated rings. The Morgan fingerprint density at radius 1 is 1.32 bits per heavy atom. The number of esters is 1. The molecule has 0 spiro atoms. The van der Waals surface area contributed by atoms with Crippen molar-refractivity contribution in [3.05, 3.63) is 29.8 Å². The van der Waals surface area contributed by atoms with Crippen molar-refractivity contribution < 1.29 is 14.6 Å². The van der Waals surface area contributed by atoms with Crippen molar-refractivity contribution in [3.8, 4) is 5.75 Å². The smallest absolute Gasteiger partial charge is 0.342 e. The number of phenols is 1. The first-order valence-electron chi connectivity index (χ1n) is 7.97. The topological polar surface area (TPSA) is 49.8 Å². The summed E-state index contributed by atoms with van der Waals surface area (Å²) in [7, 11) is 0. The maximum absolute atomic E-state index is 12.4. The number of likely N-dealkylation sites (tertiary alicyclic amines) is 1. The largest absolute Gasteiger partial charge is 0.507 e. The lowest BCUT2D eigenvalue weighted by molar-refractivity contribution is -0.108. The van der Waals surface area contributed by atoms with E-state index in [0.717, 1.165) is 19.4 Å². The third-order valence-corrected chi connectivity index (χ3v) is 4.92. The fourth-order valence-electron chi connectivity index (χ4n) is 3.80. The second kappa shape index (κ2) is 5.92. The average Bonchev–Trinajstić information content (AvgIpc) is 2.42. The Kier molecular flexibility index (Phi) is 4.52. The molecule has 0 amide bonds. The van der Waals surface area contributed by atoms with Crippen LogP contribution in [0.2, 0.25) is 0 Å². The highest BCUT2D eigenvalue weighted by Gasteiger charge is 2.48. The quantitative estimate of drug-likeness (QED) is 0.867. The predicted octanol–water partition coefficient (Wildman–Crippen LogP) is 3.59. The van der Waals surface area contributed by atoms with E-state index >= 15 is 0 Å². The minimum absolute atomic E-state index is 0.0335. The minimum atomic E-state index is -0.452. The van der Waals surface area contributed by atoms with Crippen LogP contribution in [0.3, 0.4) is 0 Å². The van der Waals surface area contributed by atoms with Crippen molar-refractivity contribution in [1.82, 2.24) is 4.90 Å². The van der Waals surface area contributed by atoms with Crippen molar-refractivity contribution in [1.29, 1.82) is 0 Å². The van der Waals surface area contributed by atoms with Crippen molar-refractivity contribution >= 4 is 5.97 Å². The Balaban J connectivity index is 2.20. The van der Waals surface area contributed by atoms with Gasteiger partial charge in [-0.1, -0.05) is 19.1 Å². The van der Waals surface area contributed by atoms with E-state index < -0.39 is 5.97 Å². The second-order valence-corrected chi connectivity index (χ2v) is 7.16. The Morgan fingerprint density at radius 2 is 1.95 bits per heavy atom. The van der Waals surface area contributed by atoms with Gasteiger partial charge in [-0.05, 0) is 59.2 Å². The van der Waals surface area contributed by atoms with Gasteiger partial charge in [-0.15, -0.1) is 0 Å². The number of likely N-dealkylation sites (N-methyl/N-ethyl adjacent to an activating group) is 1. The van der Waals surface area contributed by atoms with Crippen molar-refractivity contribution in [2.75, 3.05) is 6.54 Å². The molecule has 122 valence electrons. The first-order valence-corrected chi connectivity index (χ1v) is 7.97. The Hall–Kier alpha value is -1.55. The molecular formula is C18H27NO3. The summed E-state index contributed by atoms with van der Waals surface area (Å²) in [5, 5.41) is 9.81. The van der Waals surface area contributed by atoms with E-state index in [4.69, 9.17) is 4.74 Å². The number of para-hydroxylation sites is 1. The second-order valence-electron chi connectivity index (χ2n) is 7.16. The fraction of sp³-hybridized carbons (Fsp3) is 0.611. The van der Waals surface area contributed by atoms with Crippen LogP contribution < -0.4 is 0 Å². The number of carbonyl (C=O) groups is 1. The molecule has 0 aromatic heterocycles. The number of hydrogen-bond acceptors (Lipinski definition) is 4. The van der Waals surface area contributed by atoms with Gasteiger partial charge in [-0.2, -0.15) is 0 Å². The van der Waals surface area contributed by atoms with Gasteiger partial charge in [0, 0.05) is 5.54 Å². The standard InChI is InChI=1S/C18H27NO3/c1-6-19-17(2,3)12-11-15(18(19,4)5)22-16(21)13-9-7-8-10-14(13)20/h7-10,15,20H,6,11-12H2,1-5H3. The lowest BCUT2D eigenvalue weighted by Gasteiger charge is -2.55. The number of phenolic OH excluding ortho intramolecular Hbond substituents is 1. The molecule has 1 aliphatic rings. The van der Waals surface area contributed by atoms with Crippen molar-refractivity contribution in [2.45, 2.75) is 64.6 Å². The van der Waals surface area contributed by atoms with E-state index in [0.29, 0.717) is 0 Å². The van der Waals surface area contributed by atoms with Gasteiger partial charge in [0.05, 0.1) is 5.54 Å². The molecule has 0 bridgehead atoms. The van der Waals surface area contributed by atoms with Crippen LogP contribution in [0.1, 0.15) is 57.8 Å². The van der Waals surface area contributed by atoms with Crippen LogP contribution in [-0.2, 0) is 4.74 Å². The summed E-state index contributed by atoms with van der Waals surface area (Å²) in [6, 6.07) is 6.51. The molecule has 4 nitrogen and oxygen atoms in total. The highest BCUT2D eigenvalue weighted by Crippen LogP contribution is 2.40. The van der Waals surface area contributed by atoms with Gasteiger partial charge in [0.1, 0.15) is 17.4 Å². The maximum atomic E-state index is 12.4. The van der Waals surface area contributed by atoms with Gasteiger partial charge >= 0.3 is 5.97 Å². The van der Waals surface area contributed by atoms with Gasteiger partial charge in [0.15, 0.2) is 0 Å². The third-order valence-electron chi connectivity index (χ3n) is 4.92. The number of rotatable bonds is 3. The highest BCUT2D eigenvalue weighted by molar-refractivity contribution is 5.92. The van der Waals surface area contributed by atoms with Gasteiger partial charge in [0.25, 0.3) is 0 Å². The molecule has 0 radical (unpaired) electrons. The number of benzene rings is 1. The Bertz CT molecular complexity index is 551. The number of piperidine rings is 1. The summed E-state index contributed by atoms with van der Waals surface area (Å²) in [6.45, 7) is 11.8. The van der Waals surface area contributed by atoms with Crippen LogP contribution in [0.4, 0.5) is 0 Å². The molecule has 1 aliphatic heterocycles. The van der Waals surface area contributed by atoms with Crippen LogP contribution in [-0.4, -0.2) is 39.7 Å². The van der Waals surface area contributed by atoms with Crippen LogP contribution in [0.5, 0.6) is 5.75 Å². The van der Waals surface area contributed by atoms with E-state index in [-0.39, 0.29) is 28.5 Å². The monoisotopic (exact) mass is 305 g/mol. The van der Waals surface area contributed by atoms with E-state index in [9.17, 15) is 9.90 Å². The van der Waals surface area contributed by atoms with E-state index in [1.807, 2.05) is 0 Å². The number of aromatic hydroxyl groups is 1. The lowest BCUT2D eigenvalue weighted by Crippen LogP contribution is -2.65. The normalized spacial score (nSPS) is 24.0. The Labute approximate surface area is 133 Å². The summed E-state index contributed by atoms with van der Waals surface area (Å²) in [4.78, 5) is 14.8. The molecule has 1 aromatic carbocycles. The van der Waals surface area contributed by atoms with E-state index in [1.165, 1.54) is 6.07 Å². The van der Waals surface area contributed by atoms with Crippen LogP contribution in [0, 0.1) is 0 Å². The summed E-state index contributed by atoms with van der Waals surface area (Å²) in [6.07, 6.45) is 1.62. The fourth-order valence-corrected chi connectivity index (χ4v) is 3.80. The molecule has 2 rings (SSSR count). The molecule has 4 heteroatoms. The zero-order valence-electron chi connectivity index (χ0n) is 14.2. The van der Waals surface area contributed by atoms with Gasteiger partial charge in [-0.25, -0.2) is 4.79 Å². The molecule has 1 heterocycles. The highest BCUT2D eigenvalue weighted by atomic mass is 16.5. The molecular weight excluding hydrogens is 278 g/mol. The molecule has 1 unspecified atom stereocenters. The average molecular weight is 305 g/mol. The third kappa shape index (κ3) is 2.98. The summed E-state index contributed by atoms with van der Waals surface area (Å²) < 4.78 is 5.76. The van der Waals surface area contributed by atoms with E-state index in [1.54, 1.807) is 18.2 Å². The number of ether oxygens (including phenoxy) is 1. The van der Waals surface area contributed by atoms with Gasteiger partial charge < -0.3 is 9.84 Å². The molecule has 22 heavy (non-hydrogen) atoms. The first kappa shape index (κ1) is 16.8. The summed E-state index contributed by atoms with van der Waals surface area (Å²) >= 11 is 0. The van der Waals surface area contributed by atoms with Crippen molar-refractivity contribution in [3.63, 3.8) is 0 Å². The molecule has 1 saturated heterocycles. The molecule has 0 aliphatic carbocycles. The Morgan fingerprint density at radius 3 is 2.55 bits per heavy atom. The zero-order chi connectivity index (χ0) is 16.5. The SMILES string of the molecule is CCN1C(C)(C)CCC(OC(=O)c2ccccc2O)C1(C)C. The minimum Gasteiger partial charge on any atom is -0.507 e. The van der Waals surface area contributed by atoms with Crippen LogP contribution >= 0.6 is 0 Å². The molecule has 1 aromatic rings. The van der Waals surface area contributed by atoms with Crippen molar-refractivity contribution in [2.24, 2.45) is 0 Å². The van der Waals surface area contributed by atoms with Gasteiger partial charge in [0.2, 0.25) is 0 Å². The summed E-state index contributed by atoms with van der Waals surface area (Å²) in [5.74, 6) is -0.485. The first-order chi connectivity index (χ1) is 10.2. The van der Waals surface area contributed by atoms with E-state index in [2.05, 4.69) is 39.5 Å². The van der Waals surface area contributed by atoms with Gasteiger partial charge in [-0.3, -0.25) is 4.90 Å². The number of nitrogens with zero attached hydrogens (tertiary/aromatic N) is 1. The molecule has 1 atom stereocenters. The maximum Gasteiger partial charge on any atom is 0.342 e. The zero-order valence-corrected chi connectivity index (χ0v) is 14.2. The predicted molar refractivity (Wildman–Crippen MR) is 87.1 cm³/mol.